The Morgan fingerprint density at radius 3 is 3.00 bits per heavy atom. The topological polar surface area (TPSA) is 41.5 Å². The molecular weight excluding hydrogens is 188 g/mol. The molecule has 78 valence electrons. The largest absolute Gasteiger partial charge is 0.273 e. The number of amides is 1. The van der Waals surface area contributed by atoms with E-state index in [9.17, 15) is 4.79 Å². The van der Waals surface area contributed by atoms with E-state index in [0.29, 0.717) is 0 Å². The van der Waals surface area contributed by atoms with Crippen molar-refractivity contribution >= 4 is 12.1 Å². The monoisotopic (exact) mass is 202 g/mol. The van der Waals surface area contributed by atoms with Gasteiger partial charge in [0.15, 0.2) is 0 Å². The molecule has 1 N–H and O–H groups in total. The number of nitrogens with zero attached hydrogens (tertiary/aromatic N) is 1. The van der Waals surface area contributed by atoms with Crippen LogP contribution in [0.25, 0.3) is 0 Å². The van der Waals surface area contributed by atoms with E-state index in [1.807, 2.05) is 31.2 Å². The van der Waals surface area contributed by atoms with Crippen LogP contribution in [0.5, 0.6) is 0 Å². The number of carbonyl (C=O) groups is 1. The summed E-state index contributed by atoms with van der Waals surface area (Å²) >= 11 is 0. The van der Waals surface area contributed by atoms with Crippen LogP contribution in [-0.4, -0.2) is 12.1 Å². The lowest BCUT2D eigenvalue weighted by Crippen LogP contribution is -2.18. The van der Waals surface area contributed by atoms with Gasteiger partial charge in [-0.15, -0.1) is 0 Å². The summed E-state index contributed by atoms with van der Waals surface area (Å²) in [4.78, 5) is 11.2. The molecule has 1 fully saturated rings. The van der Waals surface area contributed by atoms with E-state index in [1.165, 1.54) is 5.56 Å². The van der Waals surface area contributed by atoms with Gasteiger partial charge in [0.05, 0.1) is 6.21 Å². The van der Waals surface area contributed by atoms with Gasteiger partial charge in [0.25, 0.3) is 0 Å². The summed E-state index contributed by atoms with van der Waals surface area (Å²) in [6.45, 7) is 2.03. The number of hydrogen-bond donors (Lipinski definition) is 1. The van der Waals surface area contributed by atoms with Gasteiger partial charge in [0, 0.05) is 5.92 Å². The lowest BCUT2D eigenvalue weighted by atomic mass is 10.2. The second-order valence-electron chi connectivity index (χ2n) is 3.92. The summed E-state index contributed by atoms with van der Waals surface area (Å²) < 4.78 is 0. The van der Waals surface area contributed by atoms with Crippen LogP contribution >= 0.6 is 0 Å². The van der Waals surface area contributed by atoms with E-state index >= 15 is 0 Å². The first kappa shape index (κ1) is 9.90. The van der Waals surface area contributed by atoms with Gasteiger partial charge < -0.3 is 0 Å². The number of rotatable bonds is 3. The molecule has 1 aromatic carbocycles. The predicted molar refractivity (Wildman–Crippen MR) is 59.6 cm³/mol. The Hall–Kier alpha value is -1.64. The average Bonchev–Trinajstić information content (AvgIpc) is 3.00. The fourth-order valence-corrected chi connectivity index (χ4v) is 1.36. The lowest BCUT2D eigenvalue weighted by molar-refractivity contribution is -0.122. The number of hydrazone groups is 1. The SMILES string of the molecule is Cc1cccc(C=NNC(=O)C2CC2)c1. The summed E-state index contributed by atoms with van der Waals surface area (Å²) in [5.41, 5.74) is 4.74. The van der Waals surface area contributed by atoms with Crippen LogP contribution in [0.15, 0.2) is 29.4 Å². The van der Waals surface area contributed by atoms with Gasteiger partial charge in [-0.2, -0.15) is 5.10 Å². The Kier molecular flexibility index (Phi) is 2.81. The van der Waals surface area contributed by atoms with Crippen molar-refractivity contribution < 1.29 is 4.79 Å². The van der Waals surface area contributed by atoms with Crippen LogP contribution in [-0.2, 0) is 4.79 Å². The van der Waals surface area contributed by atoms with Crippen molar-refractivity contribution in [2.75, 3.05) is 0 Å². The molecule has 0 saturated heterocycles. The Labute approximate surface area is 89.2 Å². The van der Waals surface area contributed by atoms with E-state index in [4.69, 9.17) is 0 Å². The maximum Gasteiger partial charge on any atom is 0.243 e. The van der Waals surface area contributed by atoms with Gasteiger partial charge >= 0.3 is 0 Å². The molecule has 2 rings (SSSR count). The smallest absolute Gasteiger partial charge is 0.243 e. The fraction of sp³-hybridized carbons (Fsp3) is 0.333. The number of carbonyl (C=O) groups excluding carboxylic acids is 1. The summed E-state index contributed by atoms with van der Waals surface area (Å²) in [5, 5.41) is 3.92. The van der Waals surface area contributed by atoms with E-state index < -0.39 is 0 Å². The normalized spacial score (nSPS) is 15.5. The molecule has 15 heavy (non-hydrogen) atoms. The minimum absolute atomic E-state index is 0.0407. The molecule has 0 aromatic heterocycles. The first-order chi connectivity index (χ1) is 7.25. The van der Waals surface area contributed by atoms with Crippen molar-refractivity contribution in [3.05, 3.63) is 35.4 Å². The second kappa shape index (κ2) is 4.26. The second-order valence-corrected chi connectivity index (χ2v) is 3.92. The zero-order valence-electron chi connectivity index (χ0n) is 8.73. The maximum atomic E-state index is 11.2. The van der Waals surface area contributed by atoms with Crippen molar-refractivity contribution in [1.82, 2.24) is 5.43 Å². The molecule has 0 atom stereocenters. The molecule has 1 saturated carbocycles. The zero-order chi connectivity index (χ0) is 10.7. The van der Waals surface area contributed by atoms with Crippen molar-refractivity contribution in [2.24, 2.45) is 11.0 Å². The van der Waals surface area contributed by atoms with Crippen molar-refractivity contribution in [3.63, 3.8) is 0 Å². The third-order valence-electron chi connectivity index (χ3n) is 2.38. The highest BCUT2D eigenvalue weighted by molar-refractivity contribution is 5.84. The highest BCUT2D eigenvalue weighted by Gasteiger charge is 2.29. The van der Waals surface area contributed by atoms with Crippen LogP contribution in [0, 0.1) is 12.8 Å². The molecule has 0 aliphatic heterocycles. The number of aryl methyl sites for hydroxylation is 1. The molecule has 0 radical (unpaired) electrons. The van der Waals surface area contributed by atoms with E-state index in [-0.39, 0.29) is 11.8 Å². The molecule has 0 bridgehead atoms. The highest BCUT2D eigenvalue weighted by atomic mass is 16.2. The third-order valence-corrected chi connectivity index (χ3v) is 2.38. The summed E-state index contributed by atoms with van der Waals surface area (Å²) in [6.07, 6.45) is 3.69. The Bertz CT molecular complexity index is 394. The molecule has 0 spiro atoms. The van der Waals surface area contributed by atoms with Gasteiger partial charge in [-0.25, -0.2) is 5.43 Å². The first-order valence-corrected chi connectivity index (χ1v) is 5.15. The zero-order valence-corrected chi connectivity index (χ0v) is 8.73. The van der Waals surface area contributed by atoms with Crippen LogP contribution in [0.3, 0.4) is 0 Å². The minimum atomic E-state index is 0.0407. The minimum Gasteiger partial charge on any atom is -0.273 e. The Morgan fingerprint density at radius 1 is 1.53 bits per heavy atom. The van der Waals surface area contributed by atoms with Crippen LogP contribution in [0.2, 0.25) is 0 Å². The van der Waals surface area contributed by atoms with Crippen LogP contribution in [0.4, 0.5) is 0 Å². The molecular formula is C12H14N2O. The van der Waals surface area contributed by atoms with Crippen molar-refractivity contribution in [3.8, 4) is 0 Å². The number of nitrogens with one attached hydrogen (secondary N) is 1. The van der Waals surface area contributed by atoms with Gasteiger partial charge in [0.2, 0.25) is 5.91 Å². The van der Waals surface area contributed by atoms with E-state index in [2.05, 4.69) is 10.5 Å². The van der Waals surface area contributed by atoms with E-state index in [0.717, 1.165) is 18.4 Å². The Balaban J connectivity index is 1.90. The average molecular weight is 202 g/mol. The van der Waals surface area contributed by atoms with Crippen LogP contribution < -0.4 is 5.43 Å². The van der Waals surface area contributed by atoms with Crippen molar-refractivity contribution in [2.45, 2.75) is 19.8 Å². The molecule has 1 aromatic rings. The summed E-state index contributed by atoms with van der Waals surface area (Å²) in [5.74, 6) is 0.249. The van der Waals surface area contributed by atoms with Crippen molar-refractivity contribution in [1.29, 1.82) is 0 Å². The van der Waals surface area contributed by atoms with Gasteiger partial charge in [0.1, 0.15) is 0 Å². The molecule has 1 aliphatic rings. The molecule has 1 amide bonds. The first-order valence-electron chi connectivity index (χ1n) is 5.15. The maximum absolute atomic E-state index is 11.2. The quantitative estimate of drug-likeness (QED) is 0.590. The van der Waals surface area contributed by atoms with Gasteiger partial charge in [-0.1, -0.05) is 29.8 Å². The molecule has 0 unspecified atom stereocenters. The van der Waals surface area contributed by atoms with Gasteiger partial charge in [-0.3, -0.25) is 4.79 Å². The Morgan fingerprint density at radius 2 is 2.33 bits per heavy atom. The summed E-state index contributed by atoms with van der Waals surface area (Å²) in [6, 6.07) is 7.98. The molecule has 0 heterocycles. The molecule has 3 heteroatoms. The number of hydrogen-bond acceptors (Lipinski definition) is 2. The van der Waals surface area contributed by atoms with Crippen LogP contribution in [0.1, 0.15) is 24.0 Å². The van der Waals surface area contributed by atoms with E-state index in [1.54, 1.807) is 6.21 Å². The molecule has 3 nitrogen and oxygen atoms in total. The fourth-order valence-electron chi connectivity index (χ4n) is 1.36. The summed E-state index contributed by atoms with van der Waals surface area (Å²) in [7, 11) is 0. The molecule has 1 aliphatic carbocycles. The number of benzene rings is 1. The lowest BCUT2D eigenvalue weighted by Gasteiger charge is -1.97. The third kappa shape index (κ3) is 2.91. The standard InChI is InChI=1S/C12H14N2O/c1-9-3-2-4-10(7-9)8-13-14-12(15)11-5-6-11/h2-4,7-8,11H,5-6H2,1H3,(H,14,15). The highest BCUT2D eigenvalue weighted by Crippen LogP contribution is 2.28. The predicted octanol–water partition coefficient (Wildman–Crippen LogP) is 1.86. The van der Waals surface area contributed by atoms with Gasteiger partial charge in [-0.05, 0) is 25.3 Å².